The van der Waals surface area contributed by atoms with E-state index in [0.717, 1.165) is 38.6 Å². The molecule has 4 atom stereocenters. The van der Waals surface area contributed by atoms with Gasteiger partial charge in [0.25, 0.3) is 0 Å². The predicted molar refractivity (Wildman–Crippen MR) is 127 cm³/mol. The number of carboxylic acids is 1. The van der Waals surface area contributed by atoms with Gasteiger partial charge in [0.15, 0.2) is 0 Å². The van der Waals surface area contributed by atoms with Crippen LogP contribution in [0.3, 0.4) is 0 Å². The molecule has 6 heteroatoms. The molecule has 0 spiro atoms. The first kappa shape index (κ1) is 23.3. The summed E-state index contributed by atoms with van der Waals surface area (Å²) in [6.07, 6.45) is 5.34. The third-order valence-electron chi connectivity index (χ3n) is 7.88. The summed E-state index contributed by atoms with van der Waals surface area (Å²) in [6.45, 7) is 2.86. The van der Waals surface area contributed by atoms with Crippen LogP contribution in [0.2, 0.25) is 0 Å². The van der Waals surface area contributed by atoms with E-state index in [1.165, 1.54) is 11.1 Å². The number of fused-ring (bicyclic) bond motifs is 2. The number of carbonyl (C=O) groups excluding carboxylic acids is 1. The number of carboxylic acid groups (broad SMARTS) is 1. The third kappa shape index (κ3) is 5.06. The van der Waals surface area contributed by atoms with Crippen molar-refractivity contribution in [3.8, 4) is 5.75 Å². The average Bonchev–Trinajstić information content (AvgIpc) is 2.78. The minimum atomic E-state index is -1.03. The van der Waals surface area contributed by atoms with Crippen LogP contribution in [0.1, 0.15) is 50.2 Å². The Bertz CT molecular complexity index is 979. The predicted octanol–water partition coefficient (Wildman–Crippen LogP) is 3.73. The van der Waals surface area contributed by atoms with E-state index in [9.17, 15) is 14.7 Å². The SMILES string of the molecule is CC1C2CCCC1(c1cccc(O)c1)CCN2C(CC(=O)NCC(=O)O)Cc1ccccc1. The van der Waals surface area contributed by atoms with Crippen molar-refractivity contribution in [2.75, 3.05) is 13.1 Å². The number of phenols is 1. The fraction of sp³-hybridized carbons (Fsp3) is 0.481. The number of carbonyl (C=O) groups is 2. The molecule has 4 unspecified atom stereocenters. The molecule has 6 nitrogen and oxygen atoms in total. The lowest BCUT2D eigenvalue weighted by Gasteiger charge is -2.57. The number of likely N-dealkylation sites (tertiary alicyclic amines) is 1. The minimum absolute atomic E-state index is 0.00826. The maximum absolute atomic E-state index is 12.6. The van der Waals surface area contributed by atoms with Crippen molar-refractivity contribution < 1.29 is 19.8 Å². The molecule has 3 N–H and O–H groups in total. The smallest absolute Gasteiger partial charge is 0.322 e. The maximum atomic E-state index is 12.6. The zero-order valence-corrected chi connectivity index (χ0v) is 19.2. The van der Waals surface area contributed by atoms with Crippen LogP contribution in [0.25, 0.3) is 0 Å². The number of amides is 1. The van der Waals surface area contributed by atoms with Gasteiger partial charge in [-0.15, -0.1) is 0 Å². The number of nitrogens with one attached hydrogen (secondary N) is 1. The number of benzene rings is 2. The molecular weight excluding hydrogens is 416 g/mol. The molecule has 176 valence electrons. The second-order valence-corrected chi connectivity index (χ2v) is 9.66. The fourth-order valence-electron chi connectivity index (χ4n) is 6.25. The van der Waals surface area contributed by atoms with Crippen LogP contribution in [0.15, 0.2) is 54.6 Å². The first-order chi connectivity index (χ1) is 15.9. The van der Waals surface area contributed by atoms with Crippen molar-refractivity contribution in [3.05, 3.63) is 65.7 Å². The van der Waals surface area contributed by atoms with Crippen LogP contribution >= 0.6 is 0 Å². The van der Waals surface area contributed by atoms with Gasteiger partial charge in [0.2, 0.25) is 5.91 Å². The van der Waals surface area contributed by atoms with Gasteiger partial charge in [-0.3, -0.25) is 14.5 Å². The average molecular weight is 451 g/mol. The van der Waals surface area contributed by atoms with Crippen molar-refractivity contribution in [1.82, 2.24) is 10.2 Å². The number of piperidine rings is 1. The summed E-state index contributed by atoms with van der Waals surface area (Å²) in [6, 6.07) is 18.3. The maximum Gasteiger partial charge on any atom is 0.322 e. The third-order valence-corrected chi connectivity index (χ3v) is 7.88. The summed E-state index contributed by atoms with van der Waals surface area (Å²) in [4.78, 5) is 26.1. The van der Waals surface area contributed by atoms with Crippen molar-refractivity contribution in [2.45, 2.75) is 62.9 Å². The first-order valence-electron chi connectivity index (χ1n) is 12.0. The van der Waals surface area contributed by atoms with E-state index in [0.29, 0.717) is 17.7 Å². The Hall–Kier alpha value is -2.86. The van der Waals surface area contributed by atoms with E-state index in [4.69, 9.17) is 5.11 Å². The van der Waals surface area contributed by atoms with Gasteiger partial charge in [-0.05, 0) is 61.4 Å². The summed E-state index contributed by atoms with van der Waals surface area (Å²) >= 11 is 0. The normalized spacial score (nSPS) is 25.8. The Labute approximate surface area is 195 Å². The molecule has 1 amide bonds. The highest BCUT2D eigenvalue weighted by Crippen LogP contribution is 2.51. The Morgan fingerprint density at radius 1 is 1.15 bits per heavy atom. The molecule has 1 aliphatic carbocycles. The van der Waals surface area contributed by atoms with Crippen LogP contribution in [0.5, 0.6) is 5.75 Å². The highest BCUT2D eigenvalue weighted by atomic mass is 16.4. The van der Waals surface area contributed by atoms with E-state index in [2.05, 4.69) is 35.3 Å². The van der Waals surface area contributed by atoms with Gasteiger partial charge in [-0.1, -0.05) is 55.8 Å². The number of rotatable bonds is 8. The monoisotopic (exact) mass is 450 g/mol. The lowest BCUT2D eigenvalue weighted by molar-refractivity contribution is -0.138. The Balaban J connectivity index is 1.58. The molecule has 1 heterocycles. The molecule has 1 aliphatic heterocycles. The highest BCUT2D eigenvalue weighted by molar-refractivity contribution is 5.81. The summed E-state index contributed by atoms with van der Waals surface area (Å²) < 4.78 is 0. The number of phenolic OH excluding ortho intramolecular Hbond substituents is 1. The number of hydrogen-bond acceptors (Lipinski definition) is 4. The van der Waals surface area contributed by atoms with E-state index in [1.54, 1.807) is 6.07 Å². The molecule has 1 saturated carbocycles. The molecule has 0 radical (unpaired) electrons. The van der Waals surface area contributed by atoms with Crippen molar-refractivity contribution in [1.29, 1.82) is 0 Å². The Morgan fingerprint density at radius 3 is 2.67 bits per heavy atom. The van der Waals surface area contributed by atoms with E-state index >= 15 is 0 Å². The summed E-state index contributed by atoms with van der Waals surface area (Å²) in [7, 11) is 0. The molecule has 2 fully saturated rings. The fourth-order valence-corrected chi connectivity index (χ4v) is 6.25. The van der Waals surface area contributed by atoms with Crippen molar-refractivity contribution in [2.24, 2.45) is 5.92 Å². The van der Waals surface area contributed by atoms with Crippen LogP contribution in [0.4, 0.5) is 0 Å². The van der Waals surface area contributed by atoms with E-state index in [1.807, 2.05) is 30.3 Å². The Morgan fingerprint density at radius 2 is 1.94 bits per heavy atom. The number of aromatic hydroxyl groups is 1. The van der Waals surface area contributed by atoms with Crippen molar-refractivity contribution in [3.63, 3.8) is 0 Å². The van der Waals surface area contributed by atoms with Gasteiger partial charge in [0, 0.05) is 23.9 Å². The van der Waals surface area contributed by atoms with Gasteiger partial charge in [-0.25, -0.2) is 0 Å². The van der Waals surface area contributed by atoms with E-state index < -0.39 is 5.97 Å². The van der Waals surface area contributed by atoms with Gasteiger partial charge < -0.3 is 15.5 Å². The number of aliphatic carboxylic acids is 1. The second kappa shape index (κ2) is 9.96. The molecule has 4 rings (SSSR count). The van der Waals surface area contributed by atoms with Gasteiger partial charge in [0.05, 0.1) is 0 Å². The largest absolute Gasteiger partial charge is 0.508 e. The summed E-state index contributed by atoms with van der Waals surface area (Å²) in [5.74, 6) is -0.540. The summed E-state index contributed by atoms with van der Waals surface area (Å²) in [5, 5.41) is 21.6. The molecule has 0 aromatic heterocycles. The van der Waals surface area contributed by atoms with Crippen LogP contribution in [0, 0.1) is 5.92 Å². The Kier molecular flexibility index (Phi) is 7.03. The van der Waals surface area contributed by atoms with Crippen LogP contribution in [-0.2, 0) is 21.4 Å². The number of nitrogens with zero attached hydrogens (tertiary/aromatic N) is 1. The van der Waals surface area contributed by atoms with Crippen molar-refractivity contribution >= 4 is 11.9 Å². The zero-order valence-electron chi connectivity index (χ0n) is 19.2. The zero-order chi connectivity index (χ0) is 23.4. The molecule has 2 aliphatic rings. The lowest BCUT2D eigenvalue weighted by Crippen LogP contribution is -2.61. The molecule has 1 saturated heterocycles. The van der Waals surface area contributed by atoms with Gasteiger partial charge in [-0.2, -0.15) is 0 Å². The van der Waals surface area contributed by atoms with E-state index in [-0.39, 0.29) is 30.3 Å². The minimum Gasteiger partial charge on any atom is -0.508 e. The molecular formula is C27H34N2O4. The molecule has 33 heavy (non-hydrogen) atoms. The first-order valence-corrected chi connectivity index (χ1v) is 12.0. The number of hydrogen-bond donors (Lipinski definition) is 3. The summed E-state index contributed by atoms with van der Waals surface area (Å²) in [5.41, 5.74) is 2.45. The topological polar surface area (TPSA) is 89.9 Å². The van der Waals surface area contributed by atoms with Crippen LogP contribution in [-0.4, -0.2) is 52.2 Å². The highest BCUT2D eigenvalue weighted by Gasteiger charge is 2.50. The molecule has 2 aromatic carbocycles. The quantitative estimate of drug-likeness (QED) is 0.570. The second-order valence-electron chi connectivity index (χ2n) is 9.66. The van der Waals surface area contributed by atoms with Crippen LogP contribution < -0.4 is 5.32 Å². The van der Waals surface area contributed by atoms with Gasteiger partial charge in [0.1, 0.15) is 12.3 Å². The van der Waals surface area contributed by atoms with Gasteiger partial charge >= 0.3 is 5.97 Å². The molecule has 2 bridgehead atoms. The lowest BCUT2D eigenvalue weighted by atomic mass is 9.57. The standard InChI is InChI=1S/C27H34N2O4/c1-19-24-11-6-12-27(19,21-9-5-10-23(30)16-21)13-14-29(24)22(15-20-7-3-2-4-8-20)17-25(31)28-18-26(32)33/h2-5,7-10,16,19,22,24,30H,6,11-15,17-18H2,1H3,(H,28,31)(H,32,33). The molecule has 2 aromatic rings.